The van der Waals surface area contributed by atoms with E-state index in [4.69, 9.17) is 21.2 Å². The van der Waals surface area contributed by atoms with E-state index in [1.807, 2.05) is 0 Å². The molecule has 0 N–H and O–H groups in total. The molecule has 0 radical (unpaired) electrons. The molecule has 0 saturated carbocycles. The summed E-state index contributed by atoms with van der Waals surface area (Å²) in [5.74, 6) is 0. The van der Waals surface area contributed by atoms with Crippen LogP contribution in [0.3, 0.4) is 0 Å². The van der Waals surface area contributed by atoms with Crippen LogP contribution in [0.5, 0.6) is 0 Å². The Kier molecular flexibility index (Phi) is 3.62. The first kappa shape index (κ1) is 20.5. The summed E-state index contributed by atoms with van der Waals surface area (Å²) in [6.45, 7) is 8.65. The van der Waals surface area contributed by atoms with Gasteiger partial charge >= 0.3 is 171 Å². The van der Waals surface area contributed by atoms with Crippen molar-refractivity contribution < 1.29 is 12.9 Å². The fourth-order valence-electron chi connectivity index (χ4n) is 6.68. The Morgan fingerprint density at radius 1 is 0.714 bits per heavy atom. The second-order valence-corrected chi connectivity index (χ2v) is 56.7. The van der Waals surface area contributed by atoms with Crippen molar-refractivity contribution in [3.63, 3.8) is 0 Å². The van der Waals surface area contributed by atoms with E-state index in [-0.39, 0.29) is 7.25 Å². The van der Waals surface area contributed by atoms with Gasteiger partial charge in [-0.1, -0.05) is 0 Å². The van der Waals surface area contributed by atoms with E-state index in [2.05, 4.69) is 85.5 Å². The second-order valence-electron chi connectivity index (χ2n) is 11.3. The number of fused-ring (bicyclic) bond motifs is 2. The summed E-state index contributed by atoms with van der Waals surface area (Å²) in [5, 5.41) is 0. The van der Waals surface area contributed by atoms with Crippen LogP contribution in [0.25, 0.3) is 12.2 Å². The van der Waals surface area contributed by atoms with Crippen LogP contribution in [0.1, 0.15) is 54.5 Å². The average molecular weight is 493 g/mol. The first-order chi connectivity index (χ1) is 12.6. The fraction of sp³-hybridized carbons (Fsp3) is 0.320. The number of hydrogen-bond acceptors (Lipinski definition) is 0. The third-order valence-electron chi connectivity index (χ3n) is 7.33. The number of rotatable bonds is 2. The Hall–Kier alpha value is -0.747. The van der Waals surface area contributed by atoms with Crippen LogP contribution >= 0.6 is 17.0 Å². The van der Waals surface area contributed by atoms with Gasteiger partial charge in [0.25, 0.3) is 0 Å². The minimum atomic E-state index is -5.76. The number of allylic oxidation sites excluding steroid dienone is 2. The summed E-state index contributed by atoms with van der Waals surface area (Å²) in [6.07, 6.45) is 4.55. The van der Waals surface area contributed by atoms with E-state index in [1.54, 1.807) is 0 Å². The Labute approximate surface area is 170 Å². The number of benzene rings is 2. The van der Waals surface area contributed by atoms with E-state index in [1.165, 1.54) is 44.5 Å². The van der Waals surface area contributed by atoms with Crippen molar-refractivity contribution in [1.82, 2.24) is 0 Å². The van der Waals surface area contributed by atoms with Crippen LogP contribution in [0, 0.1) is 13.8 Å². The normalized spacial score (nSPS) is 24.9. The second kappa shape index (κ2) is 4.93. The van der Waals surface area contributed by atoms with Crippen molar-refractivity contribution in [2.24, 2.45) is 0 Å². The summed E-state index contributed by atoms with van der Waals surface area (Å²) < 4.78 is 9.06. The van der Waals surface area contributed by atoms with E-state index in [9.17, 15) is 0 Å². The summed E-state index contributed by atoms with van der Waals surface area (Å²) in [7, 11) is 16.1. The van der Waals surface area contributed by atoms with Crippen molar-refractivity contribution in [1.29, 1.82) is 0 Å². The van der Waals surface area contributed by atoms with Gasteiger partial charge in [0.1, 0.15) is 0 Å². The van der Waals surface area contributed by atoms with Crippen LogP contribution in [-0.4, -0.2) is 4.21 Å². The molecule has 4 rings (SSSR count). The van der Waals surface area contributed by atoms with Gasteiger partial charge in [0.15, 0.2) is 0 Å². The molecule has 0 fully saturated rings. The van der Waals surface area contributed by atoms with Gasteiger partial charge in [-0.05, 0) is 0 Å². The molecule has 0 aromatic heterocycles. The van der Waals surface area contributed by atoms with Crippen molar-refractivity contribution in [2.75, 3.05) is 0 Å². The molecule has 0 bridgehead atoms. The predicted octanol–water partition coefficient (Wildman–Crippen LogP) is 8.52. The van der Waals surface area contributed by atoms with Crippen LogP contribution in [-0.2, 0) is 12.9 Å². The van der Waals surface area contributed by atoms with Gasteiger partial charge in [0.2, 0.25) is 0 Å². The Balaban J connectivity index is 2.11. The Morgan fingerprint density at radius 3 is 1.43 bits per heavy atom. The van der Waals surface area contributed by atoms with Crippen LogP contribution < -0.4 is 0 Å². The van der Waals surface area contributed by atoms with E-state index in [0.29, 0.717) is 0 Å². The zero-order chi connectivity index (χ0) is 20.8. The van der Waals surface area contributed by atoms with Gasteiger partial charge in [-0.25, -0.2) is 0 Å². The van der Waals surface area contributed by atoms with Gasteiger partial charge < -0.3 is 0 Å². The molecule has 2 unspecified atom stereocenters. The quantitative estimate of drug-likeness (QED) is 0.394. The van der Waals surface area contributed by atoms with Gasteiger partial charge in [-0.15, -0.1) is 0 Å². The van der Waals surface area contributed by atoms with Crippen molar-refractivity contribution >= 4 is 33.4 Å². The number of hydrogen-bond donors (Lipinski definition) is 0. The van der Waals surface area contributed by atoms with Crippen molar-refractivity contribution in [2.45, 2.75) is 44.2 Å². The molecule has 148 valence electrons. The summed E-state index contributed by atoms with van der Waals surface area (Å²) in [6, 6.07) is 12.9. The molecule has 0 spiro atoms. The average Bonchev–Trinajstić information content (AvgIpc) is 3.06. The molecule has 2 aromatic rings. The molecule has 0 aliphatic heterocycles. The standard InChI is InChI=1S/2C11H11.2CH3.CH2.2ClH.Zr/c2*1-8-6-10-5-3-4-9(2)11(10)7-8;;;;;;/h2*3-7H,1-2H3;2*1H3;1H2;2*1H;/q;;;;;;;+2/p-2. The molecular weight excluding hydrogens is 462 g/mol. The first-order valence-electron chi connectivity index (χ1n) is 10.1. The SMILES string of the molecule is [CH2]=[Zr]([CH3])([CH3])([Cl])([Cl])([CH]1C(C)=Cc2c(C)cccc21)[CH]1C(C)=Cc2c(C)cccc21. The molecule has 0 heterocycles. The van der Waals surface area contributed by atoms with E-state index < -0.39 is 12.9 Å². The summed E-state index contributed by atoms with van der Waals surface area (Å²) in [5.41, 5.74) is 9.97. The van der Waals surface area contributed by atoms with Gasteiger partial charge in [0.05, 0.1) is 0 Å². The zero-order valence-corrected chi connectivity index (χ0v) is 21.7. The van der Waals surface area contributed by atoms with Gasteiger partial charge in [-0.2, -0.15) is 0 Å². The zero-order valence-electron chi connectivity index (χ0n) is 17.7. The predicted molar refractivity (Wildman–Crippen MR) is 126 cm³/mol. The van der Waals surface area contributed by atoms with Gasteiger partial charge in [0, 0.05) is 0 Å². The van der Waals surface area contributed by atoms with Crippen molar-refractivity contribution in [3.05, 3.63) is 80.9 Å². The monoisotopic (exact) mass is 490 g/mol. The molecule has 2 aliphatic rings. The molecule has 28 heavy (non-hydrogen) atoms. The van der Waals surface area contributed by atoms with Gasteiger partial charge in [-0.3, -0.25) is 0 Å². The van der Waals surface area contributed by atoms with Crippen LogP contribution in [0.15, 0.2) is 47.5 Å². The molecule has 2 aliphatic carbocycles. The minimum absolute atomic E-state index is 0.0743. The maximum atomic E-state index is 8.03. The number of halogens is 2. The molecule has 3 heteroatoms. The third kappa shape index (κ3) is 2.62. The first-order valence-corrected chi connectivity index (χ1v) is 25.9. The molecule has 2 aromatic carbocycles. The van der Waals surface area contributed by atoms with E-state index >= 15 is 0 Å². The fourth-order valence-corrected chi connectivity index (χ4v) is 31.2. The molecule has 0 saturated heterocycles. The van der Waals surface area contributed by atoms with Crippen LogP contribution in [0.4, 0.5) is 0 Å². The number of aryl methyl sites for hydroxylation is 2. The summed E-state index contributed by atoms with van der Waals surface area (Å²) in [4.78, 5) is 0. The summed E-state index contributed by atoms with van der Waals surface area (Å²) >= 11 is -5.76. The third-order valence-corrected chi connectivity index (χ3v) is 27.7. The maximum absolute atomic E-state index is 8.03. The molecule has 0 amide bonds. The van der Waals surface area contributed by atoms with E-state index in [0.717, 1.165) is 0 Å². The Morgan fingerprint density at radius 2 is 1.07 bits per heavy atom. The topological polar surface area (TPSA) is 0 Å². The molecule has 2 atom stereocenters. The van der Waals surface area contributed by atoms with Crippen LogP contribution in [0.2, 0.25) is 9.26 Å². The molecular formula is C25H30Cl2Zr. The molecule has 0 nitrogen and oxygen atoms in total. The Bertz CT molecular complexity index is 1150. The van der Waals surface area contributed by atoms with Crippen molar-refractivity contribution in [3.8, 4) is 0 Å².